The number of hydrogen-bond donors (Lipinski definition) is 1. The van der Waals surface area contributed by atoms with Gasteiger partial charge in [0.05, 0.1) is 21.7 Å². The quantitative estimate of drug-likeness (QED) is 0.403. The predicted octanol–water partition coefficient (Wildman–Crippen LogP) is 6.19. The summed E-state index contributed by atoms with van der Waals surface area (Å²) in [6.07, 6.45) is -2.49. The van der Waals surface area contributed by atoms with Crippen molar-refractivity contribution in [2.75, 3.05) is 0 Å². The summed E-state index contributed by atoms with van der Waals surface area (Å²) in [4.78, 5) is 25.7. The highest BCUT2D eigenvalue weighted by Crippen LogP contribution is 2.41. The van der Waals surface area contributed by atoms with Crippen molar-refractivity contribution < 1.29 is 17.9 Å². The van der Waals surface area contributed by atoms with Crippen LogP contribution < -0.4 is 16.0 Å². The number of alkyl halides is 3. The number of H-pyrrole nitrogens is 1. The van der Waals surface area contributed by atoms with Gasteiger partial charge in [0.2, 0.25) is 5.69 Å². The van der Waals surface area contributed by atoms with E-state index in [1.165, 1.54) is 24.3 Å². The minimum absolute atomic E-state index is 0.0141. The molecule has 0 saturated carbocycles. The number of nitriles is 1. The predicted molar refractivity (Wildman–Crippen MR) is 130 cm³/mol. The third-order valence-electron chi connectivity index (χ3n) is 5.28. The molecule has 2 aromatic carbocycles. The molecule has 0 radical (unpaired) electrons. The summed E-state index contributed by atoms with van der Waals surface area (Å²) in [7, 11) is 0. The third-order valence-corrected chi connectivity index (χ3v) is 5.84. The summed E-state index contributed by atoms with van der Waals surface area (Å²) < 4.78 is 47.1. The molecule has 1 heterocycles. The molecule has 0 spiro atoms. The van der Waals surface area contributed by atoms with E-state index >= 15 is 0 Å². The zero-order valence-electron chi connectivity index (χ0n) is 19.2. The number of hydrogen-bond acceptors (Lipinski definition) is 5. The van der Waals surface area contributed by atoms with Crippen molar-refractivity contribution in [2.45, 2.75) is 33.4 Å². The lowest BCUT2D eigenvalue weighted by Crippen LogP contribution is -2.33. The topological polar surface area (TPSA) is 101 Å². The van der Waals surface area contributed by atoms with Gasteiger partial charge in [0.25, 0.3) is 5.56 Å². The Kier molecular flexibility index (Phi) is 7.96. The average molecular weight is 539 g/mol. The van der Waals surface area contributed by atoms with E-state index in [4.69, 9.17) is 33.2 Å². The zero-order valence-corrected chi connectivity index (χ0v) is 20.7. The van der Waals surface area contributed by atoms with Crippen LogP contribution in [0.4, 0.5) is 13.2 Å². The van der Waals surface area contributed by atoms with E-state index < -0.39 is 29.0 Å². The molecule has 1 unspecified atom stereocenters. The normalized spacial score (nSPS) is 12.8. The molecule has 3 rings (SSSR count). The maximum Gasteiger partial charge on any atom is 0.395 e. The van der Waals surface area contributed by atoms with Crippen molar-refractivity contribution in [3.63, 3.8) is 0 Å². The molecule has 0 bridgehead atoms. The summed E-state index contributed by atoms with van der Waals surface area (Å²) in [5, 5.41) is 12.6. The molecule has 0 aliphatic rings. The SMILES string of the molecule is CC/C=C(\c1cc(Oc2c(Cl)cc(-n3nc(C#N)c(=O)[nH]c3=O)cc2Cl)ccc1C)C(C)C(F)(F)F. The third kappa shape index (κ3) is 5.64. The standard InChI is InChI=1S/C24H19Cl2F3N4O3/c1-4-5-16(13(3)24(27,28)29)17-10-15(7-6-12(17)2)36-21-18(25)8-14(9-19(21)26)33-23(35)31-22(34)20(11-30)32-33/h5-10,13H,4H2,1-3H3,(H,31,34,35)/b16-5-. The number of rotatable bonds is 6. The lowest BCUT2D eigenvalue weighted by Gasteiger charge is -2.22. The number of allylic oxidation sites excluding steroid dienone is 2. The van der Waals surface area contributed by atoms with Gasteiger partial charge in [-0.25, -0.2) is 4.79 Å². The summed E-state index contributed by atoms with van der Waals surface area (Å²) in [5.41, 5.74) is -1.24. The highest BCUT2D eigenvalue weighted by Gasteiger charge is 2.39. The maximum atomic E-state index is 13.5. The van der Waals surface area contributed by atoms with E-state index in [1.54, 1.807) is 32.0 Å². The van der Waals surface area contributed by atoms with E-state index in [-0.39, 0.29) is 32.8 Å². The van der Waals surface area contributed by atoms with E-state index in [9.17, 15) is 22.8 Å². The Morgan fingerprint density at radius 3 is 2.44 bits per heavy atom. The van der Waals surface area contributed by atoms with Crippen molar-refractivity contribution in [2.24, 2.45) is 5.92 Å². The minimum Gasteiger partial charge on any atom is -0.454 e. The van der Waals surface area contributed by atoms with Crippen LogP contribution in [0.15, 0.2) is 46.0 Å². The van der Waals surface area contributed by atoms with Crippen LogP contribution in [0.5, 0.6) is 11.5 Å². The smallest absolute Gasteiger partial charge is 0.395 e. The van der Waals surface area contributed by atoms with Crippen LogP contribution in [0.3, 0.4) is 0 Å². The van der Waals surface area contributed by atoms with Crippen LogP contribution in [0.25, 0.3) is 11.3 Å². The van der Waals surface area contributed by atoms with Crippen molar-refractivity contribution in [1.82, 2.24) is 14.8 Å². The molecule has 7 nitrogen and oxygen atoms in total. The second-order valence-corrected chi connectivity index (χ2v) is 8.59. The molecular formula is C24H19Cl2F3N4O3. The Balaban J connectivity index is 2.04. The number of aryl methyl sites for hydroxylation is 1. The molecule has 0 aliphatic heterocycles. The molecule has 0 aliphatic carbocycles. The van der Waals surface area contributed by atoms with Crippen molar-refractivity contribution in [3.8, 4) is 23.3 Å². The maximum absolute atomic E-state index is 13.5. The van der Waals surface area contributed by atoms with Crippen molar-refractivity contribution in [3.05, 3.63) is 84.1 Å². The number of nitrogens with zero attached hydrogens (tertiary/aromatic N) is 3. The average Bonchev–Trinajstić information content (AvgIpc) is 2.80. The Bertz CT molecular complexity index is 1480. The fourth-order valence-corrected chi connectivity index (χ4v) is 3.98. The first kappa shape index (κ1) is 27.0. The molecule has 188 valence electrons. The van der Waals surface area contributed by atoms with E-state index in [1.807, 2.05) is 4.98 Å². The van der Waals surface area contributed by atoms with Crippen molar-refractivity contribution in [1.29, 1.82) is 5.26 Å². The largest absolute Gasteiger partial charge is 0.454 e. The number of aromatic amines is 1. The van der Waals surface area contributed by atoms with Gasteiger partial charge in [-0.1, -0.05) is 42.3 Å². The highest BCUT2D eigenvalue weighted by molar-refractivity contribution is 6.37. The number of halogens is 5. The summed E-state index contributed by atoms with van der Waals surface area (Å²) in [6, 6.07) is 8.79. The van der Waals surface area contributed by atoms with Gasteiger partial charge in [-0.3, -0.25) is 9.78 Å². The van der Waals surface area contributed by atoms with Gasteiger partial charge in [-0.2, -0.15) is 23.1 Å². The lowest BCUT2D eigenvalue weighted by atomic mass is 9.89. The van der Waals surface area contributed by atoms with Gasteiger partial charge < -0.3 is 4.74 Å². The van der Waals surface area contributed by atoms with Crippen LogP contribution in [0.1, 0.15) is 37.1 Å². The van der Waals surface area contributed by atoms with Crippen LogP contribution in [0, 0.1) is 24.2 Å². The first-order valence-corrected chi connectivity index (χ1v) is 11.3. The minimum atomic E-state index is -4.42. The van der Waals surface area contributed by atoms with Gasteiger partial charge in [0.15, 0.2) is 5.75 Å². The van der Waals surface area contributed by atoms with E-state index in [2.05, 4.69) is 5.10 Å². The molecule has 1 aromatic heterocycles. The zero-order chi connectivity index (χ0) is 26.8. The lowest BCUT2D eigenvalue weighted by molar-refractivity contribution is -0.153. The molecular weight excluding hydrogens is 520 g/mol. The molecule has 3 aromatic rings. The van der Waals surface area contributed by atoms with Gasteiger partial charge >= 0.3 is 11.9 Å². The molecule has 0 saturated heterocycles. The Morgan fingerprint density at radius 2 is 1.89 bits per heavy atom. The molecule has 1 N–H and O–H groups in total. The summed E-state index contributed by atoms with van der Waals surface area (Å²) in [6.45, 7) is 4.55. The monoisotopic (exact) mass is 538 g/mol. The Labute approximate surface area is 213 Å². The number of ether oxygens (including phenoxy) is 1. The summed E-state index contributed by atoms with van der Waals surface area (Å²) >= 11 is 12.7. The first-order valence-electron chi connectivity index (χ1n) is 10.6. The van der Waals surface area contributed by atoms with Crippen molar-refractivity contribution >= 4 is 28.8 Å². The molecule has 0 amide bonds. The number of benzene rings is 2. The Morgan fingerprint density at radius 1 is 1.25 bits per heavy atom. The second-order valence-electron chi connectivity index (χ2n) is 7.78. The van der Waals surface area contributed by atoms with Crippen LogP contribution >= 0.6 is 23.2 Å². The highest BCUT2D eigenvalue weighted by atomic mass is 35.5. The second kappa shape index (κ2) is 10.6. The first-order chi connectivity index (χ1) is 16.9. The summed E-state index contributed by atoms with van der Waals surface area (Å²) in [5.74, 6) is -1.52. The van der Waals surface area contributed by atoms with Crippen LogP contribution in [0.2, 0.25) is 10.0 Å². The van der Waals surface area contributed by atoms with Gasteiger partial charge in [-0.05, 0) is 61.2 Å². The number of nitrogens with one attached hydrogen (secondary N) is 1. The molecule has 36 heavy (non-hydrogen) atoms. The molecule has 1 atom stereocenters. The van der Waals surface area contributed by atoms with Crippen LogP contribution in [-0.2, 0) is 0 Å². The molecule has 12 heteroatoms. The fourth-order valence-electron chi connectivity index (χ4n) is 3.42. The van der Waals surface area contributed by atoms with E-state index in [0.717, 1.165) is 11.6 Å². The van der Waals surface area contributed by atoms with Gasteiger partial charge in [0.1, 0.15) is 11.8 Å². The van der Waals surface area contributed by atoms with Crippen LogP contribution in [-0.4, -0.2) is 20.9 Å². The Hall–Kier alpha value is -3.55. The van der Waals surface area contributed by atoms with Gasteiger partial charge in [-0.15, -0.1) is 5.10 Å². The van der Waals surface area contributed by atoms with E-state index in [0.29, 0.717) is 17.5 Å². The molecule has 0 fully saturated rings. The fraction of sp³-hybridized carbons (Fsp3) is 0.250. The van der Waals surface area contributed by atoms with Gasteiger partial charge in [0, 0.05) is 0 Å². The number of aromatic nitrogens is 3.